The van der Waals surface area contributed by atoms with Crippen molar-refractivity contribution in [2.45, 2.75) is 12.2 Å². The SMILES string of the molecule is C=C[C@@H](N)c1c(Cl)cccc1C(F)(F)F. The zero-order valence-electron chi connectivity index (χ0n) is 7.68. The molecule has 0 amide bonds. The van der Waals surface area contributed by atoms with Crippen molar-refractivity contribution in [3.05, 3.63) is 47.0 Å². The van der Waals surface area contributed by atoms with Gasteiger partial charge in [0.1, 0.15) is 0 Å². The summed E-state index contributed by atoms with van der Waals surface area (Å²) in [5.74, 6) is 0. The third-order valence-corrected chi connectivity index (χ3v) is 2.28. The van der Waals surface area contributed by atoms with Crippen LogP contribution in [0.4, 0.5) is 13.2 Å². The van der Waals surface area contributed by atoms with E-state index in [1.807, 2.05) is 0 Å². The van der Waals surface area contributed by atoms with Gasteiger partial charge in [-0.05, 0) is 12.1 Å². The van der Waals surface area contributed by atoms with Gasteiger partial charge in [-0.1, -0.05) is 23.7 Å². The van der Waals surface area contributed by atoms with Gasteiger partial charge in [-0.3, -0.25) is 0 Å². The summed E-state index contributed by atoms with van der Waals surface area (Å²) in [6, 6.07) is 2.64. The van der Waals surface area contributed by atoms with Crippen molar-refractivity contribution in [1.29, 1.82) is 0 Å². The maximum atomic E-state index is 12.6. The molecule has 82 valence electrons. The monoisotopic (exact) mass is 235 g/mol. The predicted octanol–water partition coefficient (Wildman–Crippen LogP) is 3.54. The fraction of sp³-hybridized carbons (Fsp3) is 0.200. The smallest absolute Gasteiger partial charge is 0.321 e. The van der Waals surface area contributed by atoms with Crippen molar-refractivity contribution < 1.29 is 13.2 Å². The first kappa shape index (κ1) is 12.1. The molecule has 5 heteroatoms. The number of rotatable bonds is 2. The molecule has 0 aliphatic heterocycles. The summed E-state index contributed by atoms with van der Waals surface area (Å²) in [7, 11) is 0. The molecular formula is C10H9ClF3N. The molecule has 0 aliphatic rings. The molecule has 1 aromatic carbocycles. The van der Waals surface area contributed by atoms with Crippen molar-refractivity contribution in [3.63, 3.8) is 0 Å². The average Bonchev–Trinajstić information content (AvgIpc) is 2.15. The molecular weight excluding hydrogens is 227 g/mol. The summed E-state index contributed by atoms with van der Waals surface area (Å²) < 4.78 is 37.7. The number of hydrogen-bond acceptors (Lipinski definition) is 1. The molecule has 0 saturated heterocycles. The lowest BCUT2D eigenvalue weighted by atomic mass is 10.0. The molecule has 0 saturated carbocycles. The van der Waals surface area contributed by atoms with Gasteiger partial charge in [0.2, 0.25) is 0 Å². The van der Waals surface area contributed by atoms with Crippen molar-refractivity contribution in [1.82, 2.24) is 0 Å². The van der Waals surface area contributed by atoms with Gasteiger partial charge in [-0.2, -0.15) is 13.2 Å². The molecule has 0 heterocycles. The van der Waals surface area contributed by atoms with E-state index in [0.29, 0.717) is 0 Å². The summed E-state index contributed by atoms with van der Waals surface area (Å²) in [6.45, 7) is 3.35. The second-order valence-corrected chi connectivity index (χ2v) is 3.37. The quantitative estimate of drug-likeness (QED) is 0.780. The van der Waals surface area contributed by atoms with Gasteiger partial charge in [0.25, 0.3) is 0 Å². The first-order valence-corrected chi connectivity index (χ1v) is 4.49. The van der Waals surface area contributed by atoms with Crippen LogP contribution in [0.5, 0.6) is 0 Å². The predicted molar refractivity (Wildman–Crippen MR) is 53.6 cm³/mol. The standard InChI is InChI=1S/C10H9ClF3N/c1-2-8(15)9-6(10(12,13)14)4-3-5-7(9)11/h2-5,8H,1,15H2/t8-/m1/s1. The number of benzene rings is 1. The van der Waals surface area contributed by atoms with E-state index in [1.54, 1.807) is 0 Å². The van der Waals surface area contributed by atoms with E-state index in [9.17, 15) is 13.2 Å². The van der Waals surface area contributed by atoms with E-state index in [4.69, 9.17) is 17.3 Å². The Bertz CT molecular complexity index is 373. The van der Waals surface area contributed by atoms with Gasteiger partial charge in [0.05, 0.1) is 5.56 Å². The summed E-state index contributed by atoms with van der Waals surface area (Å²) in [5, 5.41) is -0.00257. The Morgan fingerprint density at radius 1 is 1.40 bits per heavy atom. The number of hydrogen-bond donors (Lipinski definition) is 1. The molecule has 1 aromatic rings. The Kier molecular flexibility index (Phi) is 3.42. The van der Waals surface area contributed by atoms with Crippen molar-refractivity contribution >= 4 is 11.6 Å². The lowest BCUT2D eigenvalue weighted by Gasteiger charge is -2.17. The highest BCUT2D eigenvalue weighted by atomic mass is 35.5. The molecule has 2 N–H and O–H groups in total. The van der Waals surface area contributed by atoms with Crippen LogP contribution in [0.2, 0.25) is 5.02 Å². The highest BCUT2D eigenvalue weighted by Gasteiger charge is 2.35. The van der Waals surface area contributed by atoms with Gasteiger partial charge in [0, 0.05) is 16.6 Å². The van der Waals surface area contributed by atoms with Crippen LogP contribution in [0, 0.1) is 0 Å². The normalized spacial score (nSPS) is 13.7. The minimum Gasteiger partial charge on any atom is -0.321 e. The molecule has 1 rings (SSSR count). The fourth-order valence-corrected chi connectivity index (χ4v) is 1.54. The Morgan fingerprint density at radius 2 is 2.00 bits per heavy atom. The van der Waals surface area contributed by atoms with Gasteiger partial charge in [-0.15, -0.1) is 6.58 Å². The summed E-state index contributed by atoms with van der Waals surface area (Å²) in [4.78, 5) is 0. The Hall–Kier alpha value is -1.00. The van der Waals surface area contributed by atoms with E-state index in [0.717, 1.165) is 6.07 Å². The molecule has 1 atom stereocenters. The van der Waals surface area contributed by atoms with E-state index in [1.165, 1.54) is 18.2 Å². The Morgan fingerprint density at radius 3 is 2.47 bits per heavy atom. The van der Waals surface area contributed by atoms with Crippen LogP contribution in [0.25, 0.3) is 0 Å². The fourth-order valence-electron chi connectivity index (χ4n) is 1.24. The van der Waals surface area contributed by atoms with Crippen LogP contribution in [-0.4, -0.2) is 0 Å². The average molecular weight is 236 g/mol. The van der Waals surface area contributed by atoms with Crippen LogP contribution in [0.15, 0.2) is 30.9 Å². The topological polar surface area (TPSA) is 26.0 Å². The van der Waals surface area contributed by atoms with Crippen LogP contribution >= 0.6 is 11.6 Å². The van der Waals surface area contributed by atoms with E-state index < -0.39 is 17.8 Å². The second kappa shape index (κ2) is 4.24. The molecule has 0 fully saturated rings. The number of halogens is 4. The molecule has 0 spiro atoms. The van der Waals surface area contributed by atoms with Crippen LogP contribution in [-0.2, 0) is 6.18 Å². The molecule has 0 aromatic heterocycles. The Labute approximate surface area is 90.3 Å². The zero-order chi connectivity index (χ0) is 11.6. The van der Waals surface area contributed by atoms with Gasteiger partial charge < -0.3 is 5.73 Å². The highest BCUT2D eigenvalue weighted by molar-refractivity contribution is 6.31. The molecule has 0 unspecified atom stereocenters. The van der Waals surface area contributed by atoms with Crippen LogP contribution in [0.1, 0.15) is 17.2 Å². The summed E-state index contributed by atoms with van der Waals surface area (Å²) in [6.07, 6.45) is -3.24. The molecule has 0 bridgehead atoms. The highest BCUT2D eigenvalue weighted by Crippen LogP contribution is 2.37. The van der Waals surface area contributed by atoms with Crippen LogP contribution in [0.3, 0.4) is 0 Å². The lowest BCUT2D eigenvalue weighted by molar-refractivity contribution is -0.138. The molecule has 15 heavy (non-hydrogen) atoms. The zero-order valence-corrected chi connectivity index (χ0v) is 8.44. The minimum absolute atomic E-state index is 0.00257. The lowest BCUT2D eigenvalue weighted by Crippen LogP contribution is -2.16. The number of nitrogens with two attached hydrogens (primary N) is 1. The van der Waals surface area contributed by atoms with Crippen molar-refractivity contribution in [2.24, 2.45) is 5.73 Å². The van der Waals surface area contributed by atoms with Gasteiger partial charge in [-0.25, -0.2) is 0 Å². The third kappa shape index (κ3) is 2.52. The second-order valence-electron chi connectivity index (χ2n) is 2.96. The van der Waals surface area contributed by atoms with Crippen molar-refractivity contribution in [2.75, 3.05) is 0 Å². The molecule has 0 radical (unpaired) electrons. The minimum atomic E-state index is -4.46. The number of alkyl halides is 3. The van der Waals surface area contributed by atoms with E-state index in [2.05, 4.69) is 6.58 Å². The third-order valence-electron chi connectivity index (χ3n) is 1.95. The Balaban J connectivity index is 3.39. The molecule has 0 aliphatic carbocycles. The van der Waals surface area contributed by atoms with Gasteiger partial charge in [0.15, 0.2) is 0 Å². The van der Waals surface area contributed by atoms with Crippen LogP contribution < -0.4 is 5.73 Å². The maximum Gasteiger partial charge on any atom is 0.416 e. The van der Waals surface area contributed by atoms with E-state index >= 15 is 0 Å². The summed E-state index contributed by atoms with van der Waals surface area (Å²) in [5.41, 5.74) is 4.54. The first-order valence-electron chi connectivity index (χ1n) is 4.11. The van der Waals surface area contributed by atoms with Gasteiger partial charge >= 0.3 is 6.18 Å². The molecule has 1 nitrogen and oxygen atoms in total. The first-order chi connectivity index (χ1) is 6.88. The van der Waals surface area contributed by atoms with Crippen molar-refractivity contribution in [3.8, 4) is 0 Å². The maximum absolute atomic E-state index is 12.6. The largest absolute Gasteiger partial charge is 0.416 e. The van der Waals surface area contributed by atoms with E-state index in [-0.39, 0.29) is 10.6 Å². The summed E-state index contributed by atoms with van der Waals surface area (Å²) >= 11 is 5.68.